The van der Waals surface area contributed by atoms with Crippen LogP contribution in [-0.4, -0.2) is 36.4 Å². The second-order valence-corrected chi connectivity index (χ2v) is 9.42. The van der Waals surface area contributed by atoms with Gasteiger partial charge in [0.1, 0.15) is 0 Å². The van der Waals surface area contributed by atoms with E-state index < -0.39 is 41.7 Å². The molecule has 0 amide bonds. The molecule has 1 aromatic rings. The maximum Gasteiger partial charge on any atom is 0.332 e. The standard InChI is InChI=1S/C15H23O9P3/c1-8-11(7-27(20,21)24-6)9(2)13(15(17,23-5)26-19)10(3)12(8)14(16,22-4)25-18/h16-17H,7H2,1-6H3,(H,20,21). The third-order valence-corrected chi connectivity index (χ3v) is 7.11. The van der Waals surface area contributed by atoms with Gasteiger partial charge >= 0.3 is 7.60 Å². The van der Waals surface area contributed by atoms with E-state index in [4.69, 9.17) is 9.47 Å². The largest absolute Gasteiger partial charge is 0.353 e. The van der Waals surface area contributed by atoms with E-state index in [2.05, 4.69) is 4.52 Å². The lowest BCUT2D eigenvalue weighted by atomic mass is 9.87. The smallest absolute Gasteiger partial charge is 0.332 e. The van der Waals surface area contributed by atoms with Crippen molar-refractivity contribution < 1.29 is 42.8 Å². The van der Waals surface area contributed by atoms with Crippen molar-refractivity contribution in [2.45, 2.75) is 38.0 Å². The number of rotatable bonds is 9. The van der Waals surface area contributed by atoms with Gasteiger partial charge in [-0.25, -0.2) is 0 Å². The normalized spacial score (nSPS) is 18.9. The van der Waals surface area contributed by atoms with Crippen molar-refractivity contribution in [2.75, 3.05) is 21.3 Å². The predicted molar refractivity (Wildman–Crippen MR) is 98.2 cm³/mol. The second-order valence-electron chi connectivity index (χ2n) is 5.89. The highest BCUT2D eigenvalue weighted by molar-refractivity contribution is 7.51. The van der Waals surface area contributed by atoms with Gasteiger partial charge in [0.2, 0.25) is 16.9 Å². The summed E-state index contributed by atoms with van der Waals surface area (Å²) in [5.74, 6) is 0. The molecule has 152 valence electrons. The molecule has 0 spiro atoms. The van der Waals surface area contributed by atoms with Gasteiger partial charge in [-0.1, -0.05) is 0 Å². The Bertz CT molecular complexity index is 748. The maximum atomic E-state index is 12.2. The van der Waals surface area contributed by atoms with Gasteiger partial charge in [0, 0.05) is 32.5 Å². The number of hydrogen-bond donors (Lipinski definition) is 3. The fourth-order valence-corrected chi connectivity index (χ4v) is 5.12. The van der Waals surface area contributed by atoms with Crippen LogP contribution in [-0.2, 0) is 44.9 Å². The first-order valence-corrected chi connectivity index (χ1v) is 11.0. The molecule has 0 fully saturated rings. The van der Waals surface area contributed by atoms with Crippen LogP contribution in [0.4, 0.5) is 0 Å². The molecule has 0 aliphatic heterocycles. The molecule has 3 N–H and O–H groups in total. The molecule has 1 rings (SSSR count). The third-order valence-electron chi connectivity index (χ3n) is 4.52. The molecular weight excluding hydrogens is 417 g/mol. The second kappa shape index (κ2) is 8.83. The molecule has 3 unspecified atom stereocenters. The van der Waals surface area contributed by atoms with Crippen LogP contribution in [0.2, 0.25) is 0 Å². The zero-order valence-electron chi connectivity index (χ0n) is 15.8. The van der Waals surface area contributed by atoms with Gasteiger partial charge in [-0.15, -0.1) is 0 Å². The van der Waals surface area contributed by atoms with Gasteiger partial charge in [0.05, 0.1) is 6.16 Å². The fraction of sp³-hybridized carbons (Fsp3) is 0.600. The molecule has 1 aromatic carbocycles. The van der Waals surface area contributed by atoms with Crippen LogP contribution in [0.15, 0.2) is 0 Å². The zero-order chi connectivity index (χ0) is 21.2. The Morgan fingerprint density at radius 1 is 0.889 bits per heavy atom. The lowest BCUT2D eigenvalue weighted by molar-refractivity contribution is -0.124. The third kappa shape index (κ3) is 4.54. The molecule has 0 aliphatic rings. The van der Waals surface area contributed by atoms with Crippen molar-refractivity contribution in [3.8, 4) is 0 Å². The summed E-state index contributed by atoms with van der Waals surface area (Å²) in [7, 11) is -2.32. The zero-order valence-corrected chi connectivity index (χ0v) is 18.5. The van der Waals surface area contributed by atoms with Crippen LogP contribution in [0.25, 0.3) is 0 Å². The van der Waals surface area contributed by atoms with Crippen LogP contribution in [0.1, 0.15) is 33.4 Å². The lowest BCUT2D eigenvalue weighted by Gasteiger charge is -2.32. The summed E-state index contributed by atoms with van der Waals surface area (Å²) >= 11 is 0. The van der Waals surface area contributed by atoms with Crippen LogP contribution in [0.3, 0.4) is 0 Å². The van der Waals surface area contributed by atoms with Crippen molar-refractivity contribution in [3.63, 3.8) is 0 Å². The average Bonchev–Trinajstić information content (AvgIpc) is 2.64. The van der Waals surface area contributed by atoms with Gasteiger partial charge in [-0.2, -0.15) is 0 Å². The van der Waals surface area contributed by atoms with E-state index in [0.717, 1.165) is 21.3 Å². The van der Waals surface area contributed by atoms with Crippen LogP contribution in [0.5, 0.6) is 0 Å². The molecule has 3 atom stereocenters. The minimum atomic E-state index is -4.05. The molecule has 0 heterocycles. The van der Waals surface area contributed by atoms with Crippen molar-refractivity contribution in [1.29, 1.82) is 0 Å². The quantitative estimate of drug-likeness (QED) is 0.390. The average molecular weight is 440 g/mol. The highest BCUT2D eigenvalue weighted by Crippen LogP contribution is 2.51. The van der Waals surface area contributed by atoms with Crippen molar-refractivity contribution >= 4 is 24.5 Å². The monoisotopic (exact) mass is 440 g/mol. The summed E-state index contributed by atoms with van der Waals surface area (Å²) in [6, 6.07) is 0. The highest BCUT2D eigenvalue weighted by atomic mass is 31.2. The predicted octanol–water partition coefficient (Wildman–Crippen LogP) is 3.03. The Kier molecular flexibility index (Phi) is 7.99. The Hall–Kier alpha value is -0.590. The van der Waals surface area contributed by atoms with Gasteiger partial charge in [-0.3, -0.25) is 13.7 Å². The Morgan fingerprint density at radius 3 is 1.52 bits per heavy atom. The summed E-state index contributed by atoms with van der Waals surface area (Å²) in [6.45, 7) is 4.58. The van der Waals surface area contributed by atoms with E-state index in [9.17, 15) is 28.8 Å². The summed E-state index contributed by atoms with van der Waals surface area (Å²) in [5, 5.41) is 21.3. The molecule has 12 heteroatoms. The molecule has 0 bridgehead atoms. The van der Waals surface area contributed by atoms with E-state index >= 15 is 0 Å². The first kappa shape index (κ1) is 24.4. The van der Waals surface area contributed by atoms with Gasteiger partial charge in [0.15, 0.2) is 0 Å². The summed E-state index contributed by atoms with van der Waals surface area (Å²) in [4.78, 5) is 9.93. The molecule has 0 aliphatic carbocycles. The van der Waals surface area contributed by atoms with E-state index in [1.807, 2.05) is 0 Å². The van der Waals surface area contributed by atoms with E-state index in [0.29, 0.717) is 11.1 Å². The first-order chi connectivity index (χ1) is 12.4. The molecule has 27 heavy (non-hydrogen) atoms. The van der Waals surface area contributed by atoms with Crippen LogP contribution in [0, 0.1) is 20.8 Å². The highest BCUT2D eigenvalue weighted by Gasteiger charge is 2.42. The van der Waals surface area contributed by atoms with Crippen molar-refractivity contribution in [3.05, 3.63) is 33.4 Å². The van der Waals surface area contributed by atoms with E-state index in [-0.39, 0.29) is 22.3 Å². The van der Waals surface area contributed by atoms with Crippen molar-refractivity contribution in [1.82, 2.24) is 0 Å². The SMILES string of the molecule is COC(O)(P=O)c1c(C)c(CP(=O)(O)OC)c(C)c(C(O)(OC)P=O)c1C. The number of ether oxygens (including phenoxy) is 2. The molecule has 0 saturated carbocycles. The van der Waals surface area contributed by atoms with Crippen LogP contribution >= 0.6 is 24.5 Å². The molecular formula is C15H23O9P3. The number of hydrogen-bond acceptors (Lipinski definition) is 8. The van der Waals surface area contributed by atoms with E-state index in [1.165, 1.54) is 6.92 Å². The van der Waals surface area contributed by atoms with Crippen molar-refractivity contribution in [2.24, 2.45) is 0 Å². The molecule has 0 saturated heterocycles. The summed E-state index contributed by atoms with van der Waals surface area (Å²) < 4.78 is 50.0. The van der Waals surface area contributed by atoms with Gasteiger partial charge in [0.25, 0.3) is 11.1 Å². The maximum absolute atomic E-state index is 12.2. The van der Waals surface area contributed by atoms with Crippen LogP contribution < -0.4 is 0 Å². The Balaban J connectivity index is 4.10. The lowest BCUT2D eigenvalue weighted by Crippen LogP contribution is -2.30. The Labute approximate surface area is 160 Å². The summed E-state index contributed by atoms with van der Waals surface area (Å²) in [5.41, 5.74) is -3.54. The fourth-order valence-electron chi connectivity index (χ4n) is 3.12. The van der Waals surface area contributed by atoms with Gasteiger partial charge in [-0.05, 0) is 43.0 Å². The minimum Gasteiger partial charge on any atom is -0.353 e. The Morgan fingerprint density at radius 2 is 1.26 bits per heavy atom. The minimum absolute atomic E-state index is 0.00695. The first-order valence-electron chi connectivity index (χ1n) is 7.63. The van der Waals surface area contributed by atoms with E-state index in [1.54, 1.807) is 13.8 Å². The molecule has 0 aromatic heterocycles. The summed E-state index contributed by atoms with van der Waals surface area (Å²) in [6.07, 6.45) is -0.466. The van der Waals surface area contributed by atoms with Gasteiger partial charge < -0.3 is 29.1 Å². The number of methoxy groups -OCH3 is 2. The molecule has 9 nitrogen and oxygen atoms in total. The topological polar surface area (TPSA) is 140 Å². The molecule has 0 radical (unpaired) electrons. The number of aliphatic hydroxyl groups is 2. The number of benzene rings is 1.